The molecule has 112 valence electrons. The lowest BCUT2D eigenvalue weighted by Crippen LogP contribution is -2.34. The Kier molecular flexibility index (Phi) is 5.08. The Morgan fingerprint density at radius 1 is 1.15 bits per heavy atom. The second-order valence-electron chi connectivity index (χ2n) is 5.69. The van der Waals surface area contributed by atoms with E-state index in [9.17, 15) is 13.2 Å². The molecule has 0 saturated heterocycles. The van der Waals surface area contributed by atoms with E-state index in [1.165, 1.54) is 31.4 Å². The van der Waals surface area contributed by atoms with Gasteiger partial charge in [-0.1, -0.05) is 31.9 Å². The van der Waals surface area contributed by atoms with Crippen molar-refractivity contribution in [1.29, 1.82) is 0 Å². The highest BCUT2D eigenvalue weighted by Gasteiger charge is 2.30. The van der Waals surface area contributed by atoms with Crippen LogP contribution >= 0.6 is 0 Å². The quantitative estimate of drug-likeness (QED) is 0.863. The Bertz CT molecular complexity index is 409. The van der Waals surface area contributed by atoms with Crippen LogP contribution in [0.4, 0.5) is 13.2 Å². The first-order chi connectivity index (χ1) is 9.49. The molecular weight excluding hydrogens is 263 g/mol. The molecule has 1 saturated carbocycles. The lowest BCUT2D eigenvalue weighted by molar-refractivity contribution is -0.137. The van der Waals surface area contributed by atoms with E-state index < -0.39 is 11.7 Å². The van der Waals surface area contributed by atoms with Crippen molar-refractivity contribution in [2.75, 3.05) is 6.54 Å². The first kappa shape index (κ1) is 15.4. The van der Waals surface area contributed by atoms with Gasteiger partial charge >= 0.3 is 6.18 Å². The molecule has 0 amide bonds. The van der Waals surface area contributed by atoms with Gasteiger partial charge in [0, 0.05) is 6.04 Å². The zero-order valence-electron chi connectivity index (χ0n) is 11.8. The monoisotopic (exact) mass is 285 g/mol. The van der Waals surface area contributed by atoms with Crippen LogP contribution in [0.25, 0.3) is 0 Å². The number of benzene rings is 1. The van der Waals surface area contributed by atoms with Crippen molar-refractivity contribution >= 4 is 0 Å². The summed E-state index contributed by atoms with van der Waals surface area (Å²) < 4.78 is 37.5. The predicted molar refractivity (Wildman–Crippen MR) is 74.6 cm³/mol. The molecule has 2 rings (SSSR count). The molecule has 1 aromatic rings. The first-order valence-corrected chi connectivity index (χ1v) is 7.38. The normalized spacial score (nSPS) is 23.8. The van der Waals surface area contributed by atoms with Crippen molar-refractivity contribution in [1.82, 2.24) is 5.32 Å². The molecule has 0 aliphatic heterocycles. The fraction of sp³-hybridized carbons (Fsp3) is 0.625. The van der Waals surface area contributed by atoms with Crippen molar-refractivity contribution in [3.8, 4) is 0 Å². The maximum absolute atomic E-state index is 12.5. The Morgan fingerprint density at radius 2 is 1.85 bits per heavy atom. The minimum atomic E-state index is -4.24. The molecule has 20 heavy (non-hydrogen) atoms. The van der Waals surface area contributed by atoms with Crippen LogP contribution in [0.1, 0.15) is 43.7 Å². The van der Waals surface area contributed by atoms with E-state index in [4.69, 9.17) is 0 Å². The Hall–Kier alpha value is -1.03. The van der Waals surface area contributed by atoms with E-state index in [0.717, 1.165) is 24.9 Å². The van der Waals surface area contributed by atoms with Gasteiger partial charge in [-0.2, -0.15) is 13.2 Å². The molecule has 1 aromatic carbocycles. The minimum Gasteiger partial charge on any atom is -0.314 e. The highest BCUT2D eigenvalue weighted by Crippen LogP contribution is 2.31. The molecule has 1 aliphatic carbocycles. The van der Waals surface area contributed by atoms with Crippen molar-refractivity contribution in [2.45, 2.75) is 51.2 Å². The highest BCUT2D eigenvalue weighted by molar-refractivity contribution is 5.25. The summed E-state index contributed by atoms with van der Waals surface area (Å²) in [6.07, 6.45) is 1.40. The summed E-state index contributed by atoms with van der Waals surface area (Å²) in [6.45, 7) is 3.09. The lowest BCUT2D eigenvalue weighted by atomic mass is 9.82. The number of hydrogen-bond donors (Lipinski definition) is 1. The SMILES string of the molecule is CCNC1CCCC(Cc2ccc(C(F)(F)F)cc2)C1. The van der Waals surface area contributed by atoms with Crippen LogP contribution in [0.2, 0.25) is 0 Å². The van der Waals surface area contributed by atoms with Gasteiger partial charge < -0.3 is 5.32 Å². The van der Waals surface area contributed by atoms with Crippen LogP contribution in [0.3, 0.4) is 0 Å². The zero-order valence-corrected chi connectivity index (χ0v) is 11.8. The van der Waals surface area contributed by atoms with E-state index in [1.807, 2.05) is 0 Å². The van der Waals surface area contributed by atoms with Crippen LogP contribution in [-0.2, 0) is 12.6 Å². The maximum Gasteiger partial charge on any atom is 0.416 e. The van der Waals surface area contributed by atoms with Crippen molar-refractivity contribution in [3.05, 3.63) is 35.4 Å². The molecule has 0 spiro atoms. The van der Waals surface area contributed by atoms with Crippen molar-refractivity contribution in [3.63, 3.8) is 0 Å². The van der Waals surface area contributed by atoms with Crippen LogP contribution in [0, 0.1) is 5.92 Å². The molecule has 1 N–H and O–H groups in total. The number of rotatable bonds is 4. The summed E-state index contributed by atoms with van der Waals surface area (Å²) in [4.78, 5) is 0. The molecule has 0 aromatic heterocycles. The largest absolute Gasteiger partial charge is 0.416 e. The van der Waals surface area contributed by atoms with Gasteiger partial charge in [0.05, 0.1) is 5.56 Å². The fourth-order valence-corrected chi connectivity index (χ4v) is 3.11. The minimum absolute atomic E-state index is 0.560. The topological polar surface area (TPSA) is 12.0 Å². The van der Waals surface area contributed by atoms with Gasteiger partial charge in [0.2, 0.25) is 0 Å². The number of hydrogen-bond acceptors (Lipinski definition) is 1. The molecule has 1 nitrogen and oxygen atoms in total. The second kappa shape index (κ2) is 6.61. The third kappa shape index (κ3) is 4.23. The number of alkyl halides is 3. The summed E-state index contributed by atoms with van der Waals surface area (Å²) in [7, 11) is 0. The van der Waals surface area contributed by atoms with Gasteiger partial charge in [-0.3, -0.25) is 0 Å². The zero-order chi connectivity index (χ0) is 14.6. The highest BCUT2D eigenvalue weighted by atomic mass is 19.4. The van der Waals surface area contributed by atoms with E-state index in [1.54, 1.807) is 12.1 Å². The van der Waals surface area contributed by atoms with Crippen LogP contribution in [-0.4, -0.2) is 12.6 Å². The Morgan fingerprint density at radius 3 is 2.45 bits per heavy atom. The molecule has 1 fully saturated rings. The smallest absolute Gasteiger partial charge is 0.314 e. The van der Waals surface area contributed by atoms with E-state index in [-0.39, 0.29) is 0 Å². The lowest BCUT2D eigenvalue weighted by Gasteiger charge is -2.29. The molecular formula is C16H22F3N. The van der Waals surface area contributed by atoms with Crippen LogP contribution < -0.4 is 5.32 Å². The molecule has 0 heterocycles. The van der Waals surface area contributed by atoms with Crippen LogP contribution in [0.15, 0.2) is 24.3 Å². The van der Waals surface area contributed by atoms with Crippen molar-refractivity contribution in [2.24, 2.45) is 5.92 Å². The number of halogens is 3. The third-order valence-electron chi connectivity index (χ3n) is 4.08. The van der Waals surface area contributed by atoms with Gasteiger partial charge in [-0.25, -0.2) is 0 Å². The average molecular weight is 285 g/mol. The van der Waals surface area contributed by atoms with E-state index >= 15 is 0 Å². The molecule has 0 radical (unpaired) electrons. The standard InChI is InChI=1S/C16H22F3N/c1-2-20-15-5-3-4-13(11-15)10-12-6-8-14(9-7-12)16(17,18)19/h6-9,13,15,20H,2-5,10-11H2,1H3. The molecule has 2 atom stereocenters. The summed E-state index contributed by atoms with van der Waals surface area (Å²) in [5, 5.41) is 3.48. The van der Waals surface area contributed by atoms with Crippen LogP contribution in [0.5, 0.6) is 0 Å². The summed E-state index contributed by atoms with van der Waals surface area (Å²) >= 11 is 0. The van der Waals surface area contributed by atoms with E-state index in [2.05, 4.69) is 12.2 Å². The average Bonchev–Trinajstić information content (AvgIpc) is 2.39. The van der Waals surface area contributed by atoms with Gasteiger partial charge in [0.25, 0.3) is 0 Å². The third-order valence-corrected chi connectivity index (χ3v) is 4.08. The Labute approximate surface area is 118 Å². The van der Waals surface area contributed by atoms with Crippen molar-refractivity contribution < 1.29 is 13.2 Å². The van der Waals surface area contributed by atoms with Gasteiger partial charge in [0.15, 0.2) is 0 Å². The Balaban J connectivity index is 1.93. The summed E-state index contributed by atoms with van der Waals surface area (Å²) in [5.74, 6) is 0.588. The van der Waals surface area contributed by atoms with Gasteiger partial charge in [0.1, 0.15) is 0 Å². The summed E-state index contributed by atoms with van der Waals surface area (Å²) in [6, 6.07) is 6.22. The molecule has 4 heteroatoms. The van der Waals surface area contributed by atoms with E-state index in [0.29, 0.717) is 12.0 Å². The maximum atomic E-state index is 12.5. The molecule has 2 unspecified atom stereocenters. The second-order valence-corrected chi connectivity index (χ2v) is 5.69. The molecule has 1 aliphatic rings. The summed E-state index contributed by atoms with van der Waals surface area (Å²) in [5.41, 5.74) is 0.454. The number of nitrogens with one attached hydrogen (secondary N) is 1. The first-order valence-electron chi connectivity index (χ1n) is 7.38. The predicted octanol–water partition coefficient (Wildman–Crippen LogP) is 4.42. The molecule has 0 bridgehead atoms. The van der Waals surface area contributed by atoms with Gasteiger partial charge in [-0.05, 0) is 49.4 Å². The van der Waals surface area contributed by atoms with Gasteiger partial charge in [-0.15, -0.1) is 0 Å². The fourth-order valence-electron chi connectivity index (χ4n) is 3.11.